The zero-order chi connectivity index (χ0) is 19.9. The molecule has 0 aliphatic carbocycles. The van der Waals surface area contributed by atoms with Crippen molar-refractivity contribution in [2.75, 3.05) is 40.3 Å². The molecule has 1 aliphatic rings. The van der Waals surface area contributed by atoms with Crippen LogP contribution in [-0.4, -0.2) is 68.0 Å². The van der Waals surface area contributed by atoms with Crippen molar-refractivity contribution in [2.45, 2.75) is 18.3 Å². The van der Waals surface area contributed by atoms with Gasteiger partial charge in [-0.2, -0.15) is 0 Å². The minimum Gasteiger partial charge on any atom is -0.453 e. The molecule has 1 heterocycles. The summed E-state index contributed by atoms with van der Waals surface area (Å²) in [7, 11) is 2.93. The van der Waals surface area contributed by atoms with Crippen molar-refractivity contribution in [1.29, 1.82) is 0 Å². The SMILES string of the molecule is C=CC(=O)N1CCC(C(=O)NCCN(C)C(=O)OC)(c2ccccc2)CC1. The Morgan fingerprint density at radius 1 is 1.26 bits per heavy atom. The Labute approximate surface area is 160 Å². The number of benzene rings is 1. The van der Waals surface area contributed by atoms with Crippen LogP contribution in [0.15, 0.2) is 43.0 Å². The zero-order valence-corrected chi connectivity index (χ0v) is 15.9. The molecule has 1 fully saturated rings. The van der Waals surface area contributed by atoms with E-state index < -0.39 is 11.5 Å². The van der Waals surface area contributed by atoms with Gasteiger partial charge >= 0.3 is 6.09 Å². The number of ether oxygens (including phenoxy) is 1. The van der Waals surface area contributed by atoms with E-state index in [1.54, 1.807) is 11.9 Å². The third kappa shape index (κ3) is 4.67. The fourth-order valence-electron chi connectivity index (χ4n) is 3.40. The summed E-state index contributed by atoms with van der Waals surface area (Å²) in [6.45, 7) is 5.20. The van der Waals surface area contributed by atoms with Gasteiger partial charge < -0.3 is 19.9 Å². The monoisotopic (exact) mass is 373 g/mol. The second-order valence-electron chi connectivity index (χ2n) is 6.63. The van der Waals surface area contributed by atoms with Crippen LogP contribution in [0.2, 0.25) is 0 Å². The van der Waals surface area contributed by atoms with E-state index in [0.29, 0.717) is 39.0 Å². The number of hydrogen-bond donors (Lipinski definition) is 1. The van der Waals surface area contributed by atoms with Crippen molar-refractivity contribution >= 4 is 17.9 Å². The summed E-state index contributed by atoms with van der Waals surface area (Å²) in [6.07, 6.45) is 1.93. The third-order valence-electron chi connectivity index (χ3n) is 5.08. The molecular weight excluding hydrogens is 346 g/mol. The van der Waals surface area contributed by atoms with Crippen molar-refractivity contribution in [3.05, 3.63) is 48.6 Å². The van der Waals surface area contributed by atoms with Crippen molar-refractivity contribution in [1.82, 2.24) is 15.1 Å². The molecule has 0 radical (unpaired) electrons. The molecule has 1 saturated heterocycles. The van der Waals surface area contributed by atoms with Crippen LogP contribution in [0.1, 0.15) is 18.4 Å². The third-order valence-corrected chi connectivity index (χ3v) is 5.08. The van der Waals surface area contributed by atoms with Gasteiger partial charge in [-0.25, -0.2) is 4.79 Å². The van der Waals surface area contributed by atoms with Crippen molar-refractivity contribution in [3.8, 4) is 0 Å². The van der Waals surface area contributed by atoms with E-state index in [-0.39, 0.29) is 11.8 Å². The Balaban J connectivity index is 2.10. The van der Waals surface area contributed by atoms with Gasteiger partial charge in [0, 0.05) is 33.2 Å². The zero-order valence-electron chi connectivity index (χ0n) is 15.9. The highest BCUT2D eigenvalue weighted by Gasteiger charge is 2.43. The van der Waals surface area contributed by atoms with Gasteiger partial charge in [-0.05, 0) is 24.5 Å². The van der Waals surface area contributed by atoms with E-state index in [9.17, 15) is 14.4 Å². The standard InChI is InChI=1S/C20H27N3O4/c1-4-17(24)23-13-10-20(11-14-23,16-8-6-5-7-9-16)18(25)21-12-15-22(2)19(26)27-3/h4-9H,1,10-15H2,2-3H3,(H,21,25). The average Bonchev–Trinajstić information content (AvgIpc) is 2.72. The topological polar surface area (TPSA) is 79.0 Å². The van der Waals surface area contributed by atoms with Gasteiger partial charge in [-0.1, -0.05) is 36.9 Å². The predicted molar refractivity (Wildman–Crippen MR) is 102 cm³/mol. The average molecular weight is 373 g/mol. The van der Waals surface area contributed by atoms with Crippen LogP contribution in [0.4, 0.5) is 4.79 Å². The van der Waals surface area contributed by atoms with Crippen molar-refractivity contribution in [2.24, 2.45) is 0 Å². The van der Waals surface area contributed by atoms with Gasteiger partial charge in [0.15, 0.2) is 0 Å². The Morgan fingerprint density at radius 2 is 1.89 bits per heavy atom. The quantitative estimate of drug-likeness (QED) is 0.768. The molecule has 1 aliphatic heterocycles. The van der Waals surface area contributed by atoms with Gasteiger partial charge in [0.2, 0.25) is 11.8 Å². The minimum absolute atomic E-state index is 0.0855. The summed E-state index contributed by atoms with van der Waals surface area (Å²) < 4.78 is 4.65. The number of carbonyl (C=O) groups excluding carboxylic acids is 3. The lowest BCUT2D eigenvalue weighted by Gasteiger charge is -2.41. The first-order valence-corrected chi connectivity index (χ1v) is 8.99. The number of likely N-dealkylation sites (tertiary alicyclic amines) is 1. The number of nitrogens with one attached hydrogen (secondary N) is 1. The van der Waals surface area contributed by atoms with Crippen LogP contribution in [0, 0.1) is 0 Å². The molecule has 7 heteroatoms. The molecule has 1 N–H and O–H groups in total. The smallest absolute Gasteiger partial charge is 0.409 e. The summed E-state index contributed by atoms with van der Waals surface area (Å²) in [5.74, 6) is -0.200. The fourth-order valence-corrected chi connectivity index (χ4v) is 3.40. The maximum atomic E-state index is 13.1. The molecule has 2 rings (SSSR count). The number of piperidine rings is 1. The first kappa shape index (κ1) is 20.5. The van der Waals surface area contributed by atoms with Crippen LogP contribution >= 0.6 is 0 Å². The Bertz CT molecular complexity index is 682. The Kier molecular flexibility index (Phi) is 6.98. The lowest BCUT2D eigenvalue weighted by molar-refractivity contribution is -0.133. The maximum absolute atomic E-state index is 13.1. The van der Waals surface area contributed by atoms with Gasteiger partial charge in [-0.3, -0.25) is 9.59 Å². The summed E-state index contributed by atoms with van der Waals surface area (Å²) in [6, 6.07) is 9.64. The summed E-state index contributed by atoms with van der Waals surface area (Å²) in [5, 5.41) is 2.95. The highest BCUT2D eigenvalue weighted by atomic mass is 16.5. The fraction of sp³-hybridized carbons (Fsp3) is 0.450. The van der Waals surface area contributed by atoms with Crippen LogP contribution in [0.25, 0.3) is 0 Å². The van der Waals surface area contributed by atoms with Gasteiger partial charge in [0.25, 0.3) is 0 Å². The highest BCUT2D eigenvalue weighted by molar-refractivity contribution is 5.90. The van der Waals surface area contributed by atoms with E-state index in [0.717, 1.165) is 5.56 Å². The van der Waals surface area contributed by atoms with E-state index in [2.05, 4.69) is 16.6 Å². The van der Waals surface area contributed by atoms with Crippen LogP contribution < -0.4 is 5.32 Å². The Morgan fingerprint density at radius 3 is 2.44 bits per heavy atom. The second-order valence-corrected chi connectivity index (χ2v) is 6.63. The number of carbonyl (C=O) groups is 3. The predicted octanol–water partition coefficient (Wildman–Crippen LogP) is 1.55. The van der Waals surface area contributed by atoms with Gasteiger partial charge in [-0.15, -0.1) is 0 Å². The van der Waals surface area contributed by atoms with E-state index in [4.69, 9.17) is 0 Å². The number of rotatable bonds is 6. The molecule has 1 aromatic rings. The largest absolute Gasteiger partial charge is 0.453 e. The van der Waals surface area contributed by atoms with E-state index in [1.165, 1.54) is 18.1 Å². The van der Waals surface area contributed by atoms with Crippen molar-refractivity contribution in [3.63, 3.8) is 0 Å². The molecule has 0 unspecified atom stereocenters. The molecule has 1 aromatic carbocycles. The number of likely N-dealkylation sites (N-methyl/N-ethyl adjacent to an activating group) is 1. The number of nitrogens with zero attached hydrogens (tertiary/aromatic N) is 2. The first-order chi connectivity index (χ1) is 12.9. The molecule has 7 nitrogen and oxygen atoms in total. The molecule has 0 spiro atoms. The molecule has 0 atom stereocenters. The molecule has 27 heavy (non-hydrogen) atoms. The van der Waals surface area contributed by atoms with Crippen LogP contribution in [0.5, 0.6) is 0 Å². The first-order valence-electron chi connectivity index (χ1n) is 8.99. The normalized spacial score (nSPS) is 15.6. The van der Waals surface area contributed by atoms with E-state index in [1.807, 2.05) is 30.3 Å². The van der Waals surface area contributed by atoms with Crippen LogP contribution in [0.3, 0.4) is 0 Å². The molecular formula is C20H27N3O4. The van der Waals surface area contributed by atoms with Crippen LogP contribution in [-0.2, 0) is 19.7 Å². The summed E-state index contributed by atoms with van der Waals surface area (Å²) >= 11 is 0. The summed E-state index contributed by atoms with van der Waals surface area (Å²) in [5.41, 5.74) is 0.248. The Hall–Kier alpha value is -2.83. The summed E-state index contributed by atoms with van der Waals surface area (Å²) in [4.78, 5) is 39.6. The molecule has 0 aromatic heterocycles. The van der Waals surface area contributed by atoms with Gasteiger partial charge in [0.05, 0.1) is 12.5 Å². The lowest BCUT2D eigenvalue weighted by atomic mass is 9.72. The number of hydrogen-bond acceptors (Lipinski definition) is 4. The van der Waals surface area contributed by atoms with Gasteiger partial charge in [0.1, 0.15) is 0 Å². The molecule has 0 saturated carbocycles. The number of amides is 3. The van der Waals surface area contributed by atoms with E-state index >= 15 is 0 Å². The van der Waals surface area contributed by atoms with Crippen molar-refractivity contribution < 1.29 is 19.1 Å². The second kappa shape index (κ2) is 9.21. The minimum atomic E-state index is -0.691. The molecule has 0 bridgehead atoms. The highest BCUT2D eigenvalue weighted by Crippen LogP contribution is 2.36. The number of methoxy groups -OCH3 is 1. The molecule has 146 valence electrons. The lowest BCUT2D eigenvalue weighted by Crippen LogP contribution is -2.53. The maximum Gasteiger partial charge on any atom is 0.409 e. The molecule has 3 amide bonds.